The van der Waals surface area contributed by atoms with Crippen LogP contribution in [0.25, 0.3) is 11.1 Å². The summed E-state index contributed by atoms with van der Waals surface area (Å²) in [5, 5.41) is 11.6. The first kappa shape index (κ1) is 23.5. The van der Waals surface area contributed by atoms with Crippen LogP contribution in [0, 0.1) is 25.1 Å². The van der Waals surface area contributed by atoms with Crippen molar-refractivity contribution in [1.29, 1.82) is 5.41 Å². The fourth-order valence-electron chi connectivity index (χ4n) is 3.95. The Morgan fingerprint density at radius 1 is 1.12 bits per heavy atom. The number of aryl methyl sites for hydroxylation is 2. The van der Waals surface area contributed by atoms with Gasteiger partial charge in [-0.1, -0.05) is 29.8 Å². The zero-order valence-corrected chi connectivity index (χ0v) is 19.9. The molecule has 1 heterocycles. The van der Waals surface area contributed by atoms with Crippen molar-refractivity contribution in [3.8, 4) is 11.1 Å². The quantitative estimate of drug-likeness (QED) is 0.348. The molecule has 0 bridgehead atoms. The molecule has 0 aliphatic carbocycles. The number of amides is 1. The van der Waals surface area contributed by atoms with E-state index >= 15 is 0 Å². The zero-order chi connectivity index (χ0) is 24.4. The summed E-state index contributed by atoms with van der Waals surface area (Å²) < 4.78 is 20.4. The lowest BCUT2D eigenvalue weighted by atomic mass is 9.96. The molecule has 4 rings (SSSR count). The average molecular weight is 478 g/mol. The number of aromatic nitrogens is 1. The third-order valence-corrected chi connectivity index (χ3v) is 6.24. The third-order valence-electron chi connectivity index (χ3n) is 5.82. The van der Waals surface area contributed by atoms with E-state index in [1.54, 1.807) is 29.0 Å². The third kappa shape index (κ3) is 5.13. The Kier molecular flexibility index (Phi) is 6.70. The maximum Gasteiger partial charge on any atom is 0.293 e. The van der Waals surface area contributed by atoms with Gasteiger partial charge in [-0.25, -0.2) is 4.39 Å². The number of rotatable bonds is 6. The molecule has 34 heavy (non-hydrogen) atoms. The molecule has 0 aliphatic rings. The first-order chi connectivity index (χ1) is 16.2. The SMILES string of the molecule is Cc1cc(C(C)NC(=O)c2cc(Cn3ccoc3=N)cc(-c3ccc(F)cc3C)c2)ccc1Cl. The van der Waals surface area contributed by atoms with Crippen LogP contribution < -0.4 is 11.0 Å². The van der Waals surface area contributed by atoms with Gasteiger partial charge in [-0.2, -0.15) is 0 Å². The Bertz CT molecular complexity index is 1420. The number of hydrogen-bond acceptors (Lipinski definition) is 3. The molecule has 1 amide bonds. The van der Waals surface area contributed by atoms with Crippen molar-refractivity contribution in [3.63, 3.8) is 0 Å². The van der Waals surface area contributed by atoms with E-state index in [1.807, 2.05) is 45.0 Å². The second-order valence-corrected chi connectivity index (χ2v) is 8.82. The van der Waals surface area contributed by atoms with Crippen LogP contribution >= 0.6 is 11.6 Å². The van der Waals surface area contributed by atoms with E-state index in [0.29, 0.717) is 17.1 Å². The summed E-state index contributed by atoms with van der Waals surface area (Å²) in [6, 6.07) is 15.6. The number of hydrogen-bond donors (Lipinski definition) is 2. The number of benzene rings is 3. The van der Waals surface area contributed by atoms with Crippen LogP contribution in [0.4, 0.5) is 4.39 Å². The first-order valence-corrected chi connectivity index (χ1v) is 11.2. The lowest BCUT2D eigenvalue weighted by Gasteiger charge is -2.17. The van der Waals surface area contributed by atoms with Crippen LogP contribution in [0.5, 0.6) is 0 Å². The van der Waals surface area contributed by atoms with Crippen LogP contribution in [0.1, 0.15) is 45.6 Å². The summed E-state index contributed by atoms with van der Waals surface area (Å²) in [4.78, 5) is 13.3. The highest BCUT2D eigenvalue weighted by Gasteiger charge is 2.16. The molecule has 0 spiro atoms. The molecule has 7 heteroatoms. The van der Waals surface area contributed by atoms with E-state index in [2.05, 4.69) is 5.32 Å². The Balaban J connectivity index is 1.70. The molecule has 1 aromatic heterocycles. The molecule has 0 fully saturated rings. The molecule has 174 valence electrons. The molecule has 0 aliphatic heterocycles. The predicted molar refractivity (Wildman–Crippen MR) is 130 cm³/mol. The molecule has 1 atom stereocenters. The smallest absolute Gasteiger partial charge is 0.293 e. The van der Waals surface area contributed by atoms with E-state index in [0.717, 1.165) is 33.4 Å². The van der Waals surface area contributed by atoms with Gasteiger partial charge in [-0.15, -0.1) is 0 Å². The van der Waals surface area contributed by atoms with Crippen LogP contribution in [-0.2, 0) is 6.54 Å². The lowest BCUT2D eigenvalue weighted by molar-refractivity contribution is 0.0939. The van der Waals surface area contributed by atoms with E-state index in [1.165, 1.54) is 18.4 Å². The van der Waals surface area contributed by atoms with Crippen LogP contribution in [0.15, 0.2) is 71.5 Å². The number of nitrogens with one attached hydrogen (secondary N) is 2. The molecule has 5 nitrogen and oxygen atoms in total. The first-order valence-electron chi connectivity index (χ1n) is 10.9. The Morgan fingerprint density at radius 2 is 1.91 bits per heavy atom. The van der Waals surface area contributed by atoms with Crippen molar-refractivity contribution in [2.24, 2.45) is 0 Å². The minimum Gasteiger partial charge on any atom is -0.432 e. The van der Waals surface area contributed by atoms with Gasteiger partial charge in [0.05, 0.1) is 12.6 Å². The molecule has 1 unspecified atom stereocenters. The second-order valence-electron chi connectivity index (χ2n) is 8.42. The average Bonchev–Trinajstić information content (AvgIpc) is 3.19. The number of carbonyl (C=O) groups is 1. The molecule has 0 radical (unpaired) electrons. The van der Waals surface area contributed by atoms with Gasteiger partial charge >= 0.3 is 0 Å². The van der Waals surface area contributed by atoms with Crippen molar-refractivity contribution < 1.29 is 13.6 Å². The number of halogens is 2. The Morgan fingerprint density at radius 3 is 2.59 bits per heavy atom. The summed E-state index contributed by atoms with van der Waals surface area (Å²) in [6.07, 6.45) is 3.11. The van der Waals surface area contributed by atoms with Crippen LogP contribution in [-0.4, -0.2) is 10.5 Å². The summed E-state index contributed by atoms with van der Waals surface area (Å²) in [5.41, 5.74) is 5.61. The molecular formula is C27H25ClFN3O2. The summed E-state index contributed by atoms with van der Waals surface area (Å²) in [7, 11) is 0. The van der Waals surface area contributed by atoms with Gasteiger partial charge in [-0.3, -0.25) is 14.8 Å². The van der Waals surface area contributed by atoms with E-state index in [9.17, 15) is 9.18 Å². The van der Waals surface area contributed by atoms with Crippen molar-refractivity contribution in [3.05, 3.63) is 111 Å². The van der Waals surface area contributed by atoms with E-state index < -0.39 is 0 Å². The van der Waals surface area contributed by atoms with Gasteiger partial charge in [0.1, 0.15) is 12.1 Å². The highest BCUT2D eigenvalue weighted by Crippen LogP contribution is 2.27. The minimum atomic E-state index is -0.310. The standard InChI is InChI=1S/C27H25ClFN3O2/c1-16-11-23(29)5-6-24(16)21-12-19(15-32-8-9-34-27(32)30)13-22(14-21)26(33)31-18(3)20-4-7-25(28)17(2)10-20/h4-14,18,30H,15H2,1-3H3,(H,31,33). The molecule has 4 aromatic rings. The van der Waals surface area contributed by atoms with Gasteiger partial charge < -0.3 is 9.73 Å². The van der Waals surface area contributed by atoms with Crippen molar-refractivity contribution in [1.82, 2.24) is 9.88 Å². The number of carbonyl (C=O) groups excluding carboxylic acids is 1. The van der Waals surface area contributed by atoms with Gasteiger partial charge in [-0.05, 0) is 90.6 Å². The maximum atomic E-state index is 13.7. The second kappa shape index (κ2) is 9.69. The van der Waals surface area contributed by atoms with E-state index in [-0.39, 0.29) is 23.5 Å². The number of nitrogens with zero attached hydrogens (tertiary/aromatic N) is 1. The summed E-state index contributed by atoms with van der Waals surface area (Å²) >= 11 is 6.14. The number of oxazole rings is 1. The topological polar surface area (TPSA) is 71.0 Å². The van der Waals surface area contributed by atoms with Gasteiger partial charge in [0.25, 0.3) is 11.6 Å². The van der Waals surface area contributed by atoms with Gasteiger partial charge in [0.15, 0.2) is 0 Å². The maximum absolute atomic E-state index is 13.7. The van der Waals surface area contributed by atoms with Crippen LogP contribution in [0.3, 0.4) is 0 Å². The summed E-state index contributed by atoms with van der Waals surface area (Å²) in [5.74, 6) is -0.540. The highest BCUT2D eigenvalue weighted by atomic mass is 35.5. The summed E-state index contributed by atoms with van der Waals surface area (Å²) in [6.45, 7) is 6.04. The van der Waals surface area contributed by atoms with Gasteiger partial charge in [0.2, 0.25) is 0 Å². The lowest BCUT2D eigenvalue weighted by Crippen LogP contribution is -2.27. The molecular weight excluding hydrogens is 453 g/mol. The largest absolute Gasteiger partial charge is 0.432 e. The molecule has 0 saturated carbocycles. The van der Waals surface area contributed by atoms with Crippen LogP contribution in [0.2, 0.25) is 5.02 Å². The van der Waals surface area contributed by atoms with E-state index in [4.69, 9.17) is 21.4 Å². The Labute approximate surface area is 202 Å². The fraction of sp³-hybridized carbons (Fsp3) is 0.185. The minimum absolute atomic E-state index is 0.0149. The van der Waals surface area contributed by atoms with Crippen molar-refractivity contribution >= 4 is 17.5 Å². The highest BCUT2D eigenvalue weighted by molar-refractivity contribution is 6.31. The van der Waals surface area contributed by atoms with Crippen molar-refractivity contribution in [2.75, 3.05) is 0 Å². The zero-order valence-electron chi connectivity index (χ0n) is 19.2. The van der Waals surface area contributed by atoms with Gasteiger partial charge in [0, 0.05) is 16.8 Å². The molecule has 3 aromatic carbocycles. The fourth-order valence-corrected chi connectivity index (χ4v) is 4.06. The monoisotopic (exact) mass is 477 g/mol. The van der Waals surface area contributed by atoms with Crippen molar-refractivity contribution in [2.45, 2.75) is 33.4 Å². The normalized spacial score (nSPS) is 11.9. The molecule has 0 saturated heterocycles. The Hall–Kier alpha value is -3.64. The predicted octanol–water partition coefficient (Wildman–Crippen LogP) is 6.18. The molecule has 2 N–H and O–H groups in total.